The standard InChI is InChI=1S/C18H15P.C3H2NS.Au/c1-4-10-16(11-5-1)19(17-12-6-2-7-13-17)18-14-8-3-9-15-18;1-2-4-5-3-1;/h1-15H;1-2H;/q;-1;+1. The van der Waals surface area contributed by atoms with Gasteiger partial charge in [0.2, 0.25) is 0 Å². The van der Waals surface area contributed by atoms with E-state index in [0.29, 0.717) is 0 Å². The summed E-state index contributed by atoms with van der Waals surface area (Å²) in [6.45, 7) is 0. The first kappa shape index (κ1) is 19.8. The van der Waals surface area contributed by atoms with Crippen molar-refractivity contribution in [3.63, 3.8) is 0 Å². The van der Waals surface area contributed by atoms with E-state index in [0.717, 1.165) is 0 Å². The van der Waals surface area contributed by atoms with Gasteiger partial charge in [0.25, 0.3) is 0 Å². The van der Waals surface area contributed by atoms with Gasteiger partial charge in [0.1, 0.15) is 0 Å². The molecule has 0 aliphatic rings. The number of aromatic nitrogens is 1. The molecule has 0 radical (unpaired) electrons. The average molecular weight is 543 g/mol. The Morgan fingerprint density at radius 3 is 1.28 bits per heavy atom. The molecule has 4 aromatic rings. The largest absolute Gasteiger partial charge is 1.00 e. The third-order valence-corrected chi connectivity index (χ3v) is 6.26. The third-order valence-electron chi connectivity index (χ3n) is 3.35. The van der Waals surface area contributed by atoms with E-state index < -0.39 is 7.92 Å². The van der Waals surface area contributed by atoms with Gasteiger partial charge >= 0.3 is 22.4 Å². The van der Waals surface area contributed by atoms with Gasteiger partial charge in [-0.25, -0.2) is 6.07 Å². The van der Waals surface area contributed by atoms with Crippen LogP contribution in [0.25, 0.3) is 0 Å². The summed E-state index contributed by atoms with van der Waals surface area (Å²) in [7, 11) is -0.446. The summed E-state index contributed by atoms with van der Waals surface area (Å²) in [6, 6.07) is 34.1. The van der Waals surface area contributed by atoms with Crippen LogP contribution in [0.2, 0.25) is 0 Å². The Morgan fingerprint density at radius 1 is 0.640 bits per heavy atom. The summed E-state index contributed by atoms with van der Waals surface area (Å²) in [5.41, 5.74) is 0. The molecule has 128 valence electrons. The minimum absolute atomic E-state index is 0. The molecule has 0 aliphatic carbocycles. The number of hydrogen-bond acceptors (Lipinski definition) is 2. The SMILES string of the molecule is [Au+].[c-]1ccns1.c1ccc(P(c2ccccc2)c2ccccc2)cc1. The summed E-state index contributed by atoms with van der Waals surface area (Å²) < 4.78 is 3.71. The van der Waals surface area contributed by atoms with Crippen LogP contribution in [0.4, 0.5) is 0 Å². The van der Waals surface area contributed by atoms with Crippen LogP contribution in [0.15, 0.2) is 103 Å². The fraction of sp³-hybridized carbons (Fsp3) is 0. The van der Waals surface area contributed by atoms with Crippen molar-refractivity contribution in [3.05, 3.63) is 109 Å². The fourth-order valence-corrected chi connectivity index (χ4v) is 4.94. The molecule has 0 saturated carbocycles. The molecule has 0 amide bonds. The fourth-order valence-electron chi connectivity index (χ4n) is 2.33. The first-order chi connectivity index (χ1) is 11.9. The first-order valence-electron chi connectivity index (χ1n) is 7.67. The van der Waals surface area contributed by atoms with Gasteiger partial charge in [-0.15, -0.1) is 6.20 Å². The van der Waals surface area contributed by atoms with Gasteiger partial charge in [0.15, 0.2) is 0 Å². The zero-order valence-electron chi connectivity index (χ0n) is 13.4. The first-order valence-corrected chi connectivity index (χ1v) is 9.78. The molecule has 3 aromatic carbocycles. The van der Waals surface area contributed by atoms with Crippen molar-refractivity contribution in [2.24, 2.45) is 0 Å². The molecular weight excluding hydrogens is 526 g/mol. The van der Waals surface area contributed by atoms with E-state index in [1.807, 2.05) is 0 Å². The molecule has 0 fully saturated rings. The van der Waals surface area contributed by atoms with Crippen LogP contribution in [0, 0.1) is 5.38 Å². The number of benzene rings is 3. The summed E-state index contributed by atoms with van der Waals surface area (Å²) in [6.07, 6.45) is 1.71. The summed E-state index contributed by atoms with van der Waals surface area (Å²) in [5, 5.41) is 6.99. The van der Waals surface area contributed by atoms with Gasteiger partial charge < -0.3 is 4.37 Å². The van der Waals surface area contributed by atoms with Crippen molar-refractivity contribution in [1.82, 2.24) is 4.37 Å². The van der Waals surface area contributed by atoms with E-state index in [1.165, 1.54) is 27.4 Å². The van der Waals surface area contributed by atoms with Crippen molar-refractivity contribution in [2.45, 2.75) is 0 Å². The number of rotatable bonds is 3. The molecule has 4 heteroatoms. The minimum atomic E-state index is -0.446. The maximum Gasteiger partial charge on any atom is 1.00 e. The van der Waals surface area contributed by atoms with Crippen LogP contribution in [0.1, 0.15) is 0 Å². The molecule has 0 saturated heterocycles. The maximum absolute atomic E-state index is 3.71. The number of nitrogens with zero attached hydrogens (tertiary/aromatic N) is 1. The zero-order chi connectivity index (χ0) is 16.5. The molecular formula is C21H17AuNPS. The van der Waals surface area contributed by atoms with Crippen LogP contribution in [0.3, 0.4) is 0 Å². The van der Waals surface area contributed by atoms with Gasteiger partial charge in [-0.05, 0) is 23.8 Å². The monoisotopic (exact) mass is 543 g/mol. The molecule has 0 atom stereocenters. The van der Waals surface area contributed by atoms with E-state index >= 15 is 0 Å². The van der Waals surface area contributed by atoms with Gasteiger partial charge in [-0.1, -0.05) is 91.0 Å². The van der Waals surface area contributed by atoms with Crippen molar-refractivity contribution in [1.29, 1.82) is 0 Å². The third kappa shape index (κ3) is 6.04. The Hall–Kier alpha value is -1.54. The zero-order valence-corrected chi connectivity index (χ0v) is 17.3. The summed E-state index contributed by atoms with van der Waals surface area (Å²) in [5.74, 6) is 0. The van der Waals surface area contributed by atoms with Gasteiger partial charge in [-0.3, -0.25) is 0 Å². The van der Waals surface area contributed by atoms with Crippen LogP contribution in [-0.2, 0) is 22.4 Å². The smallest absolute Gasteiger partial charge is 0.316 e. The topological polar surface area (TPSA) is 12.9 Å². The molecule has 1 nitrogen and oxygen atoms in total. The molecule has 0 unspecified atom stereocenters. The second-order valence-electron chi connectivity index (χ2n) is 4.97. The minimum Gasteiger partial charge on any atom is -0.316 e. The summed E-state index contributed by atoms with van der Waals surface area (Å²) in [4.78, 5) is 0. The molecule has 0 aliphatic heterocycles. The Labute approximate surface area is 170 Å². The van der Waals surface area contributed by atoms with Crippen molar-refractivity contribution in [2.75, 3.05) is 0 Å². The average Bonchev–Trinajstić information content (AvgIpc) is 3.25. The number of hydrogen-bond donors (Lipinski definition) is 0. The normalized spacial score (nSPS) is 9.64. The quantitative estimate of drug-likeness (QED) is 0.212. The predicted octanol–water partition coefficient (Wildman–Crippen LogP) is 4.39. The van der Waals surface area contributed by atoms with Gasteiger partial charge in [0.05, 0.1) is 0 Å². The second kappa shape index (κ2) is 11.1. The van der Waals surface area contributed by atoms with Gasteiger partial charge in [0, 0.05) is 0 Å². The van der Waals surface area contributed by atoms with Crippen LogP contribution in [0.5, 0.6) is 0 Å². The molecule has 0 bridgehead atoms. The maximum atomic E-state index is 3.71. The van der Waals surface area contributed by atoms with E-state index in [1.54, 1.807) is 12.3 Å². The van der Waals surface area contributed by atoms with E-state index in [-0.39, 0.29) is 22.4 Å². The van der Waals surface area contributed by atoms with Gasteiger partial charge in [-0.2, -0.15) is 16.9 Å². The molecule has 0 spiro atoms. The molecule has 0 N–H and O–H groups in total. The van der Waals surface area contributed by atoms with Crippen LogP contribution < -0.4 is 15.9 Å². The Balaban J connectivity index is 0.000000325. The molecule has 1 aromatic heterocycles. The van der Waals surface area contributed by atoms with E-state index in [4.69, 9.17) is 0 Å². The predicted molar refractivity (Wildman–Crippen MR) is 106 cm³/mol. The molecule has 25 heavy (non-hydrogen) atoms. The summed E-state index contributed by atoms with van der Waals surface area (Å²) >= 11 is 1.34. The Bertz CT molecular complexity index is 697. The van der Waals surface area contributed by atoms with E-state index in [2.05, 4.69) is 101 Å². The van der Waals surface area contributed by atoms with Crippen molar-refractivity contribution in [3.8, 4) is 0 Å². The van der Waals surface area contributed by atoms with Crippen LogP contribution in [-0.4, -0.2) is 4.37 Å². The molecule has 1 heterocycles. The second-order valence-corrected chi connectivity index (χ2v) is 7.82. The Morgan fingerprint density at radius 2 is 1.04 bits per heavy atom. The van der Waals surface area contributed by atoms with Crippen molar-refractivity contribution >= 4 is 35.4 Å². The molecule has 4 rings (SSSR count). The Kier molecular flexibility index (Phi) is 8.82. The van der Waals surface area contributed by atoms with E-state index in [9.17, 15) is 0 Å². The van der Waals surface area contributed by atoms with Crippen LogP contribution >= 0.6 is 19.5 Å². The van der Waals surface area contributed by atoms with Crippen molar-refractivity contribution < 1.29 is 22.4 Å².